The minimum atomic E-state index is -4.55. The van der Waals surface area contributed by atoms with Gasteiger partial charge >= 0.3 is 6.18 Å². The lowest BCUT2D eigenvalue weighted by Crippen LogP contribution is -2.36. The topological polar surface area (TPSA) is 116 Å². The average molecular weight is 492 g/mol. The molecule has 34 heavy (non-hydrogen) atoms. The van der Waals surface area contributed by atoms with Crippen molar-refractivity contribution < 1.29 is 22.8 Å². The number of nitrogens with one attached hydrogen (secondary N) is 4. The fourth-order valence-corrected chi connectivity index (χ4v) is 3.69. The molecule has 4 rings (SSSR count). The van der Waals surface area contributed by atoms with Gasteiger partial charge in [-0.15, -0.1) is 0 Å². The van der Waals surface area contributed by atoms with Gasteiger partial charge in [0.05, 0.1) is 17.0 Å². The van der Waals surface area contributed by atoms with Gasteiger partial charge in [-0.2, -0.15) is 18.2 Å². The van der Waals surface area contributed by atoms with E-state index in [4.69, 9.17) is 11.6 Å². The summed E-state index contributed by atoms with van der Waals surface area (Å²) in [5.74, 6) is -2.64. The lowest BCUT2D eigenvalue weighted by Gasteiger charge is -2.24. The highest BCUT2D eigenvalue weighted by molar-refractivity contribution is 6.31. The van der Waals surface area contributed by atoms with Gasteiger partial charge in [-0.3, -0.25) is 19.4 Å². The zero-order valence-electron chi connectivity index (χ0n) is 17.5. The Morgan fingerprint density at radius 1 is 1.18 bits per heavy atom. The van der Waals surface area contributed by atoms with Crippen LogP contribution in [0.15, 0.2) is 47.3 Å². The van der Waals surface area contributed by atoms with Crippen molar-refractivity contribution >= 4 is 46.6 Å². The van der Waals surface area contributed by atoms with Gasteiger partial charge in [0.2, 0.25) is 17.8 Å². The summed E-state index contributed by atoms with van der Waals surface area (Å²) in [6.07, 6.45) is -4.84. The highest BCUT2D eigenvalue weighted by Gasteiger charge is 2.35. The van der Waals surface area contributed by atoms with Gasteiger partial charge in [0.1, 0.15) is 5.82 Å². The molecule has 3 aromatic rings. The summed E-state index contributed by atoms with van der Waals surface area (Å²) in [4.78, 5) is 44.5. The molecule has 0 unspecified atom stereocenters. The van der Waals surface area contributed by atoms with Crippen LogP contribution in [0.3, 0.4) is 0 Å². The molecule has 0 radical (unpaired) electrons. The van der Waals surface area contributed by atoms with E-state index >= 15 is 0 Å². The average Bonchev–Trinajstić information content (AvgIpc) is 2.75. The minimum absolute atomic E-state index is 0.0192. The van der Waals surface area contributed by atoms with Gasteiger partial charge in [0.25, 0.3) is 5.56 Å². The Hall–Kier alpha value is -3.86. The van der Waals surface area contributed by atoms with Crippen LogP contribution in [-0.4, -0.2) is 21.8 Å². The van der Waals surface area contributed by atoms with Gasteiger partial charge in [0, 0.05) is 22.8 Å². The van der Waals surface area contributed by atoms with Crippen LogP contribution in [0.2, 0.25) is 5.02 Å². The second-order valence-corrected chi connectivity index (χ2v) is 8.07. The predicted molar refractivity (Wildman–Crippen MR) is 120 cm³/mol. The number of hydrogen-bond acceptors (Lipinski definition) is 5. The fraction of sp³-hybridized carbons (Fsp3) is 0.182. The Labute approximate surface area is 195 Å². The highest BCUT2D eigenvalue weighted by Crippen LogP contribution is 2.33. The fourth-order valence-electron chi connectivity index (χ4n) is 3.51. The molecule has 1 aromatic heterocycles. The molecule has 1 aliphatic rings. The number of carbonyl (C=O) groups excluding carboxylic acids is 2. The first-order valence-electron chi connectivity index (χ1n) is 9.96. The number of fused-ring (bicyclic) bond motifs is 1. The quantitative estimate of drug-likeness (QED) is 0.427. The van der Waals surface area contributed by atoms with Crippen LogP contribution in [0.4, 0.5) is 36.3 Å². The number of anilines is 4. The highest BCUT2D eigenvalue weighted by atomic mass is 35.5. The molecule has 176 valence electrons. The molecular weight excluding hydrogens is 475 g/mol. The van der Waals surface area contributed by atoms with Crippen molar-refractivity contribution in [2.24, 2.45) is 0 Å². The van der Waals surface area contributed by atoms with Gasteiger partial charge in [0.15, 0.2) is 0 Å². The first-order chi connectivity index (χ1) is 16.0. The molecule has 0 aliphatic carbocycles. The second-order valence-electron chi connectivity index (χ2n) is 7.63. The predicted octanol–water partition coefficient (Wildman–Crippen LogP) is 4.56. The van der Waals surface area contributed by atoms with Crippen LogP contribution in [0, 0.1) is 6.92 Å². The van der Waals surface area contributed by atoms with Crippen molar-refractivity contribution in [1.29, 1.82) is 0 Å². The number of aromatic nitrogens is 2. The molecule has 0 spiro atoms. The van der Waals surface area contributed by atoms with Gasteiger partial charge < -0.3 is 16.0 Å². The number of amides is 2. The number of aryl methyl sites for hydroxylation is 1. The first kappa shape index (κ1) is 23.3. The van der Waals surface area contributed by atoms with Crippen molar-refractivity contribution in [3.8, 4) is 0 Å². The summed E-state index contributed by atoms with van der Waals surface area (Å²) in [6, 6.07) is 9.21. The van der Waals surface area contributed by atoms with Crippen LogP contribution in [-0.2, 0) is 15.8 Å². The molecule has 0 saturated heterocycles. The van der Waals surface area contributed by atoms with Crippen molar-refractivity contribution in [2.45, 2.75) is 25.4 Å². The summed E-state index contributed by atoms with van der Waals surface area (Å²) in [5, 5.41) is 8.10. The summed E-state index contributed by atoms with van der Waals surface area (Å²) < 4.78 is 38.9. The summed E-state index contributed by atoms with van der Waals surface area (Å²) in [5.41, 5.74) is -0.498. The van der Waals surface area contributed by atoms with Gasteiger partial charge in [-0.25, -0.2) is 0 Å². The molecule has 2 aromatic carbocycles. The number of rotatable bonds is 4. The molecule has 0 saturated carbocycles. The Balaban J connectivity index is 1.64. The number of carbonyl (C=O) groups is 2. The monoisotopic (exact) mass is 491 g/mol. The van der Waals surface area contributed by atoms with E-state index in [0.29, 0.717) is 10.7 Å². The van der Waals surface area contributed by atoms with E-state index in [2.05, 4.69) is 25.9 Å². The van der Waals surface area contributed by atoms with Crippen molar-refractivity contribution in [1.82, 2.24) is 9.97 Å². The maximum atomic E-state index is 13.0. The van der Waals surface area contributed by atoms with E-state index in [1.54, 1.807) is 25.1 Å². The normalized spacial score (nSPS) is 15.3. The SMILES string of the molecule is Cc1ccc(Cl)cc1NC(=O)[C@H]1CC(=O)Nc2nc(Nc3cccc(C(F)(F)F)c3)[nH]c(=O)c21. The standard InChI is InChI=1S/C22H17ClF3N5O3/c1-10-5-6-12(23)8-15(10)28-19(33)14-9-16(32)29-18-17(14)20(34)31-21(30-18)27-13-4-2-3-11(7-13)22(24,25)26/h2-8,14H,9H2,1H3,(H,28,33)(H3,27,29,30,31,32,34)/t14-/m0/s1. The summed E-state index contributed by atoms with van der Waals surface area (Å²) in [6.45, 7) is 1.76. The van der Waals surface area contributed by atoms with Crippen LogP contribution < -0.4 is 21.5 Å². The molecule has 0 fully saturated rings. The van der Waals surface area contributed by atoms with Crippen LogP contribution >= 0.6 is 11.6 Å². The Morgan fingerprint density at radius 2 is 1.94 bits per heavy atom. The molecule has 2 heterocycles. The number of nitrogens with zero attached hydrogens (tertiary/aromatic N) is 1. The molecule has 1 atom stereocenters. The molecule has 8 nitrogen and oxygen atoms in total. The van der Waals surface area contributed by atoms with E-state index in [9.17, 15) is 27.6 Å². The third kappa shape index (κ3) is 4.88. The minimum Gasteiger partial charge on any atom is -0.326 e. The maximum Gasteiger partial charge on any atom is 0.416 e. The Morgan fingerprint density at radius 3 is 2.68 bits per heavy atom. The lowest BCUT2D eigenvalue weighted by molar-refractivity contribution is -0.137. The second kappa shape index (κ2) is 8.82. The van der Waals surface area contributed by atoms with Crippen molar-refractivity contribution in [3.05, 3.63) is 74.5 Å². The number of hydrogen-bond donors (Lipinski definition) is 4. The summed E-state index contributed by atoms with van der Waals surface area (Å²) in [7, 11) is 0. The molecule has 1 aliphatic heterocycles. The van der Waals surface area contributed by atoms with E-state index < -0.39 is 35.0 Å². The van der Waals surface area contributed by atoms with E-state index in [1.165, 1.54) is 12.1 Å². The lowest BCUT2D eigenvalue weighted by atomic mass is 9.92. The number of alkyl halides is 3. The molecule has 2 amide bonds. The van der Waals surface area contributed by atoms with E-state index in [0.717, 1.165) is 17.7 Å². The van der Waals surface area contributed by atoms with Crippen molar-refractivity contribution in [2.75, 3.05) is 16.0 Å². The van der Waals surface area contributed by atoms with Gasteiger partial charge in [-0.1, -0.05) is 23.7 Å². The number of benzene rings is 2. The first-order valence-corrected chi connectivity index (χ1v) is 10.3. The molecule has 12 heteroatoms. The third-order valence-electron chi connectivity index (χ3n) is 5.18. The smallest absolute Gasteiger partial charge is 0.326 e. The Kier molecular flexibility index (Phi) is 6.05. The van der Waals surface area contributed by atoms with Crippen LogP contribution in [0.25, 0.3) is 0 Å². The maximum absolute atomic E-state index is 13.0. The molecule has 0 bridgehead atoms. The number of halogens is 4. The number of H-pyrrole nitrogens is 1. The summed E-state index contributed by atoms with van der Waals surface area (Å²) >= 11 is 5.98. The number of aromatic amines is 1. The Bertz CT molecular complexity index is 1360. The van der Waals surface area contributed by atoms with Crippen LogP contribution in [0.1, 0.15) is 29.0 Å². The van der Waals surface area contributed by atoms with Crippen LogP contribution in [0.5, 0.6) is 0 Å². The van der Waals surface area contributed by atoms with E-state index in [1.807, 2.05) is 0 Å². The molecule has 4 N–H and O–H groups in total. The molecular formula is C22H17ClF3N5O3. The largest absolute Gasteiger partial charge is 0.416 e. The van der Waals surface area contributed by atoms with Crippen molar-refractivity contribution in [3.63, 3.8) is 0 Å². The third-order valence-corrected chi connectivity index (χ3v) is 5.41. The van der Waals surface area contributed by atoms with Gasteiger partial charge in [-0.05, 0) is 42.8 Å². The van der Waals surface area contributed by atoms with E-state index in [-0.39, 0.29) is 29.4 Å². The zero-order chi connectivity index (χ0) is 24.6. The zero-order valence-corrected chi connectivity index (χ0v) is 18.3.